The van der Waals surface area contributed by atoms with Crippen LogP contribution in [0.2, 0.25) is 0 Å². The van der Waals surface area contributed by atoms with E-state index in [9.17, 15) is 8.42 Å². The normalized spacial score (nSPS) is 28.6. The van der Waals surface area contributed by atoms with Crippen LogP contribution in [-0.2, 0) is 9.84 Å². The molecule has 0 bridgehead atoms. The Labute approximate surface area is 125 Å². The standard InChI is InChI=1S/C16H33NO2S/c1-7-11-17-15-14(9-8-10-16(15,5)6)20(18,19)13(4)12(2)3/h12-15,17H,7-11H2,1-6H3. The van der Waals surface area contributed by atoms with Gasteiger partial charge in [0.05, 0.1) is 10.5 Å². The molecular weight excluding hydrogens is 270 g/mol. The Bertz CT molecular complexity index is 401. The maximum atomic E-state index is 12.9. The van der Waals surface area contributed by atoms with Gasteiger partial charge in [0.2, 0.25) is 0 Å². The van der Waals surface area contributed by atoms with E-state index in [-0.39, 0.29) is 27.9 Å². The van der Waals surface area contributed by atoms with Crippen LogP contribution in [0.3, 0.4) is 0 Å². The van der Waals surface area contributed by atoms with Crippen molar-refractivity contribution in [2.75, 3.05) is 6.54 Å². The van der Waals surface area contributed by atoms with Crippen LogP contribution in [0.5, 0.6) is 0 Å². The van der Waals surface area contributed by atoms with E-state index in [2.05, 4.69) is 26.1 Å². The fourth-order valence-corrected chi connectivity index (χ4v) is 5.95. The molecule has 120 valence electrons. The molecule has 1 rings (SSSR count). The molecule has 0 aromatic rings. The lowest BCUT2D eigenvalue weighted by atomic mass is 9.73. The molecule has 3 unspecified atom stereocenters. The first-order valence-corrected chi connectivity index (χ1v) is 9.71. The van der Waals surface area contributed by atoms with Gasteiger partial charge in [0, 0.05) is 6.04 Å². The van der Waals surface area contributed by atoms with E-state index in [1.807, 2.05) is 20.8 Å². The second-order valence-corrected chi connectivity index (χ2v) is 9.92. The largest absolute Gasteiger partial charge is 0.312 e. The minimum absolute atomic E-state index is 0.0574. The van der Waals surface area contributed by atoms with Crippen LogP contribution in [0.1, 0.15) is 67.2 Å². The van der Waals surface area contributed by atoms with Crippen LogP contribution in [0.15, 0.2) is 0 Å². The quantitative estimate of drug-likeness (QED) is 0.818. The van der Waals surface area contributed by atoms with E-state index in [0.29, 0.717) is 0 Å². The molecule has 0 aromatic carbocycles. The van der Waals surface area contributed by atoms with Crippen molar-refractivity contribution in [3.8, 4) is 0 Å². The monoisotopic (exact) mass is 303 g/mol. The van der Waals surface area contributed by atoms with Crippen molar-refractivity contribution in [2.45, 2.75) is 83.8 Å². The number of nitrogens with one attached hydrogen (secondary N) is 1. The molecule has 0 aromatic heterocycles. The Hall–Kier alpha value is -0.0900. The Balaban J connectivity index is 3.05. The third-order valence-corrected chi connectivity index (χ3v) is 7.95. The summed E-state index contributed by atoms with van der Waals surface area (Å²) < 4.78 is 25.9. The van der Waals surface area contributed by atoms with Crippen LogP contribution >= 0.6 is 0 Å². The van der Waals surface area contributed by atoms with Gasteiger partial charge in [0.25, 0.3) is 0 Å². The first-order chi connectivity index (χ1) is 9.14. The highest BCUT2D eigenvalue weighted by Gasteiger charge is 2.46. The number of rotatable bonds is 6. The molecule has 20 heavy (non-hydrogen) atoms. The van der Waals surface area contributed by atoms with Crippen molar-refractivity contribution in [1.29, 1.82) is 0 Å². The lowest BCUT2D eigenvalue weighted by molar-refractivity contribution is 0.170. The lowest BCUT2D eigenvalue weighted by Crippen LogP contribution is -2.57. The first kappa shape index (κ1) is 18.0. The lowest BCUT2D eigenvalue weighted by Gasteiger charge is -2.45. The molecule has 0 amide bonds. The summed E-state index contributed by atoms with van der Waals surface area (Å²) in [5.74, 6) is 0.178. The summed E-state index contributed by atoms with van der Waals surface area (Å²) in [6.07, 6.45) is 3.98. The van der Waals surface area contributed by atoms with Crippen molar-refractivity contribution < 1.29 is 8.42 Å². The number of hydrogen-bond acceptors (Lipinski definition) is 3. The fraction of sp³-hybridized carbons (Fsp3) is 1.00. The molecule has 1 N–H and O–H groups in total. The first-order valence-electron chi connectivity index (χ1n) is 8.10. The Morgan fingerprint density at radius 3 is 2.35 bits per heavy atom. The average Bonchev–Trinajstić information content (AvgIpc) is 2.35. The predicted octanol–water partition coefficient (Wildman–Crippen LogP) is 3.39. The second kappa shape index (κ2) is 6.78. The number of sulfone groups is 1. The Morgan fingerprint density at radius 2 is 1.85 bits per heavy atom. The van der Waals surface area contributed by atoms with Gasteiger partial charge in [-0.15, -0.1) is 0 Å². The van der Waals surface area contributed by atoms with E-state index in [0.717, 1.165) is 32.2 Å². The molecule has 0 radical (unpaired) electrons. The van der Waals surface area contributed by atoms with Gasteiger partial charge in [-0.25, -0.2) is 8.42 Å². The SMILES string of the molecule is CCCNC1C(S(=O)(=O)C(C)C(C)C)CCCC1(C)C. The maximum Gasteiger partial charge on any atom is 0.157 e. The average molecular weight is 304 g/mol. The molecule has 4 heteroatoms. The van der Waals surface area contributed by atoms with Crippen LogP contribution in [0.4, 0.5) is 0 Å². The summed E-state index contributed by atoms with van der Waals surface area (Å²) in [6.45, 7) is 13.3. The van der Waals surface area contributed by atoms with Crippen LogP contribution < -0.4 is 5.32 Å². The van der Waals surface area contributed by atoms with Crippen molar-refractivity contribution in [3.63, 3.8) is 0 Å². The molecule has 1 aliphatic rings. The van der Waals surface area contributed by atoms with E-state index < -0.39 is 9.84 Å². The van der Waals surface area contributed by atoms with Crippen molar-refractivity contribution >= 4 is 9.84 Å². The zero-order chi connectivity index (χ0) is 15.6. The van der Waals surface area contributed by atoms with Crippen molar-refractivity contribution in [1.82, 2.24) is 5.32 Å². The predicted molar refractivity (Wildman–Crippen MR) is 86.7 cm³/mol. The van der Waals surface area contributed by atoms with Crippen molar-refractivity contribution in [3.05, 3.63) is 0 Å². The van der Waals surface area contributed by atoms with Gasteiger partial charge in [0.15, 0.2) is 9.84 Å². The smallest absolute Gasteiger partial charge is 0.157 e. The van der Waals surface area contributed by atoms with Gasteiger partial charge in [-0.2, -0.15) is 0 Å². The fourth-order valence-electron chi connectivity index (χ4n) is 3.30. The summed E-state index contributed by atoms with van der Waals surface area (Å²) >= 11 is 0. The molecule has 0 saturated heterocycles. The van der Waals surface area contributed by atoms with E-state index >= 15 is 0 Å². The highest BCUT2D eigenvalue weighted by Crippen LogP contribution is 2.40. The third kappa shape index (κ3) is 3.76. The summed E-state index contributed by atoms with van der Waals surface area (Å²) in [5, 5.41) is 3.05. The molecular formula is C16H33NO2S. The highest BCUT2D eigenvalue weighted by atomic mass is 32.2. The summed E-state index contributed by atoms with van der Waals surface area (Å²) in [5.41, 5.74) is 0.0574. The van der Waals surface area contributed by atoms with Crippen LogP contribution in [0.25, 0.3) is 0 Å². The van der Waals surface area contributed by atoms with Crippen LogP contribution in [-0.4, -0.2) is 31.5 Å². The molecule has 0 heterocycles. The van der Waals surface area contributed by atoms with E-state index in [1.165, 1.54) is 0 Å². The van der Waals surface area contributed by atoms with Gasteiger partial charge < -0.3 is 5.32 Å². The highest BCUT2D eigenvalue weighted by molar-refractivity contribution is 7.92. The Morgan fingerprint density at radius 1 is 1.25 bits per heavy atom. The third-order valence-electron chi connectivity index (χ3n) is 5.02. The van der Waals surface area contributed by atoms with Crippen molar-refractivity contribution in [2.24, 2.45) is 11.3 Å². The topological polar surface area (TPSA) is 46.2 Å². The molecule has 1 saturated carbocycles. The molecule has 3 nitrogen and oxygen atoms in total. The number of hydrogen-bond donors (Lipinski definition) is 1. The molecule has 0 aliphatic heterocycles. The van der Waals surface area contributed by atoms with E-state index in [1.54, 1.807) is 0 Å². The van der Waals surface area contributed by atoms with Gasteiger partial charge in [-0.1, -0.05) is 41.0 Å². The zero-order valence-electron chi connectivity index (χ0n) is 14.1. The molecule has 1 fully saturated rings. The summed E-state index contributed by atoms with van der Waals surface area (Å²) in [4.78, 5) is 0. The summed E-state index contributed by atoms with van der Waals surface area (Å²) in [7, 11) is -3.07. The molecule has 3 atom stereocenters. The molecule has 1 aliphatic carbocycles. The van der Waals surface area contributed by atoms with Gasteiger partial charge in [0.1, 0.15) is 0 Å². The van der Waals surface area contributed by atoms with Gasteiger partial charge in [-0.05, 0) is 44.1 Å². The Kier molecular flexibility index (Phi) is 6.09. The summed E-state index contributed by atoms with van der Waals surface area (Å²) in [6, 6.07) is 0.0856. The van der Waals surface area contributed by atoms with E-state index in [4.69, 9.17) is 0 Å². The van der Waals surface area contributed by atoms with Crippen LogP contribution in [0, 0.1) is 11.3 Å². The van der Waals surface area contributed by atoms with Gasteiger partial charge in [-0.3, -0.25) is 0 Å². The zero-order valence-corrected chi connectivity index (χ0v) is 14.9. The second-order valence-electron chi connectivity index (χ2n) is 7.39. The van der Waals surface area contributed by atoms with Gasteiger partial charge >= 0.3 is 0 Å². The maximum absolute atomic E-state index is 12.9. The minimum Gasteiger partial charge on any atom is -0.312 e. The minimum atomic E-state index is -3.07. The molecule has 0 spiro atoms.